The molecule has 0 unspecified atom stereocenters. The molecule has 0 atom stereocenters. The predicted molar refractivity (Wildman–Crippen MR) is 84.7 cm³/mol. The monoisotopic (exact) mass is 305 g/mol. The van der Waals surface area contributed by atoms with Gasteiger partial charge < -0.3 is 15.2 Å². The van der Waals surface area contributed by atoms with E-state index in [1.807, 2.05) is 18.2 Å². The van der Waals surface area contributed by atoms with Gasteiger partial charge in [0.1, 0.15) is 12.4 Å². The molecule has 2 aliphatic rings. The van der Waals surface area contributed by atoms with Crippen LogP contribution in [-0.4, -0.2) is 79.7 Å². The van der Waals surface area contributed by atoms with Crippen LogP contribution in [0.2, 0.25) is 0 Å². The number of nitrogens with zero attached hydrogens (tertiary/aromatic N) is 2. The largest absolute Gasteiger partial charge is 0.490 e. The molecule has 0 amide bonds. The van der Waals surface area contributed by atoms with Crippen molar-refractivity contribution in [3.63, 3.8) is 0 Å². The van der Waals surface area contributed by atoms with Crippen molar-refractivity contribution in [3.05, 3.63) is 23.8 Å². The fraction of sp³-hybridized carbons (Fsp3) is 0.562. The van der Waals surface area contributed by atoms with Crippen molar-refractivity contribution < 1.29 is 14.6 Å². The molecule has 3 rings (SSSR count). The van der Waals surface area contributed by atoms with Crippen molar-refractivity contribution in [2.45, 2.75) is 0 Å². The summed E-state index contributed by atoms with van der Waals surface area (Å²) in [5, 5.41) is 12.2. The smallest absolute Gasteiger partial charge is 0.176 e. The van der Waals surface area contributed by atoms with Crippen molar-refractivity contribution in [1.82, 2.24) is 9.80 Å². The zero-order valence-corrected chi connectivity index (χ0v) is 12.8. The number of hydrogen-bond donors (Lipinski definition) is 2. The van der Waals surface area contributed by atoms with Crippen molar-refractivity contribution in [3.8, 4) is 5.75 Å². The van der Waals surface area contributed by atoms with Gasteiger partial charge in [-0.1, -0.05) is 0 Å². The molecular weight excluding hydrogens is 282 g/mol. The fourth-order valence-electron chi connectivity index (χ4n) is 2.92. The topological polar surface area (TPSA) is 65.0 Å². The van der Waals surface area contributed by atoms with E-state index >= 15 is 0 Å². The lowest BCUT2D eigenvalue weighted by Gasteiger charge is -2.33. The van der Waals surface area contributed by atoms with Crippen LogP contribution < -0.4 is 10.1 Å². The normalized spacial score (nSPS) is 19.1. The third-order valence-electron chi connectivity index (χ3n) is 4.22. The van der Waals surface area contributed by atoms with E-state index in [-0.39, 0.29) is 12.4 Å². The maximum atomic E-state index is 12.4. The number of nitrogens with one attached hydrogen (secondary N) is 1. The Morgan fingerprint density at radius 3 is 2.77 bits per heavy atom. The van der Waals surface area contributed by atoms with Crippen molar-refractivity contribution >= 4 is 11.5 Å². The van der Waals surface area contributed by atoms with E-state index in [1.165, 1.54) is 0 Å². The highest BCUT2D eigenvalue weighted by Crippen LogP contribution is 2.28. The molecule has 1 fully saturated rings. The number of aliphatic hydroxyl groups is 1. The maximum Gasteiger partial charge on any atom is 0.176 e. The molecule has 22 heavy (non-hydrogen) atoms. The molecule has 0 radical (unpaired) electrons. The number of anilines is 1. The molecule has 0 bridgehead atoms. The lowest BCUT2D eigenvalue weighted by atomic mass is 10.1. The minimum absolute atomic E-state index is 0.144. The van der Waals surface area contributed by atoms with Gasteiger partial charge in [0.15, 0.2) is 5.78 Å². The first-order valence-electron chi connectivity index (χ1n) is 7.86. The second-order valence-electron chi connectivity index (χ2n) is 5.75. The minimum Gasteiger partial charge on any atom is -0.490 e. The molecule has 2 heterocycles. The van der Waals surface area contributed by atoms with Gasteiger partial charge in [-0.15, -0.1) is 0 Å². The number of rotatable bonds is 5. The molecule has 6 heteroatoms. The number of β-amino-alcohol motifs (C(OH)–C–C–N with tert-alkyl or cyclic N) is 1. The summed E-state index contributed by atoms with van der Waals surface area (Å²) in [5.74, 6) is 0.964. The van der Waals surface area contributed by atoms with E-state index in [0.717, 1.165) is 56.3 Å². The Labute approximate surface area is 130 Å². The molecule has 0 aromatic heterocycles. The first-order chi connectivity index (χ1) is 10.8. The van der Waals surface area contributed by atoms with Crippen molar-refractivity contribution in [1.29, 1.82) is 0 Å². The van der Waals surface area contributed by atoms with Crippen LogP contribution >= 0.6 is 0 Å². The van der Waals surface area contributed by atoms with Gasteiger partial charge in [0, 0.05) is 44.8 Å². The Morgan fingerprint density at radius 2 is 2.00 bits per heavy atom. The number of ether oxygens (including phenoxy) is 1. The van der Waals surface area contributed by atoms with Gasteiger partial charge in [0.25, 0.3) is 0 Å². The summed E-state index contributed by atoms with van der Waals surface area (Å²) in [5.41, 5.74) is 1.64. The number of Topliss-reactive ketones (excluding diaryl/α,β-unsaturated/α-hetero) is 1. The van der Waals surface area contributed by atoms with E-state index in [9.17, 15) is 4.79 Å². The van der Waals surface area contributed by atoms with Gasteiger partial charge in [-0.25, -0.2) is 0 Å². The third kappa shape index (κ3) is 3.58. The van der Waals surface area contributed by atoms with Gasteiger partial charge in [-0.05, 0) is 18.2 Å². The van der Waals surface area contributed by atoms with Gasteiger partial charge >= 0.3 is 0 Å². The number of aliphatic hydroxyl groups excluding tert-OH is 1. The number of ketones is 1. The predicted octanol–water partition coefficient (Wildman–Crippen LogP) is 0.284. The highest BCUT2D eigenvalue weighted by atomic mass is 16.5. The third-order valence-corrected chi connectivity index (χ3v) is 4.22. The van der Waals surface area contributed by atoms with Crippen LogP contribution in [0.5, 0.6) is 5.75 Å². The average molecular weight is 305 g/mol. The van der Waals surface area contributed by atoms with Crippen LogP contribution in [0.25, 0.3) is 0 Å². The van der Waals surface area contributed by atoms with Crippen molar-refractivity contribution in [2.75, 3.05) is 64.3 Å². The minimum atomic E-state index is 0.144. The van der Waals surface area contributed by atoms with Gasteiger partial charge in [-0.2, -0.15) is 0 Å². The summed E-state index contributed by atoms with van der Waals surface area (Å²) in [6.45, 7) is 6.38. The van der Waals surface area contributed by atoms with E-state index in [1.54, 1.807) is 0 Å². The first kappa shape index (κ1) is 15.3. The number of fused-ring (bicyclic) bond motifs is 1. The second kappa shape index (κ2) is 7.09. The first-order valence-corrected chi connectivity index (χ1v) is 7.86. The average Bonchev–Trinajstić information content (AvgIpc) is 2.56. The Hall–Kier alpha value is -1.63. The van der Waals surface area contributed by atoms with Crippen LogP contribution in [0.15, 0.2) is 18.2 Å². The number of carbonyl (C=O) groups excluding carboxylic acids is 1. The molecule has 1 aromatic rings. The van der Waals surface area contributed by atoms with Crippen LogP contribution in [-0.2, 0) is 0 Å². The summed E-state index contributed by atoms with van der Waals surface area (Å²) in [6, 6.07) is 5.60. The summed E-state index contributed by atoms with van der Waals surface area (Å²) in [4.78, 5) is 16.8. The van der Waals surface area contributed by atoms with Crippen LogP contribution in [0.1, 0.15) is 10.4 Å². The Morgan fingerprint density at radius 1 is 1.23 bits per heavy atom. The SMILES string of the molecule is O=C(CN1CCN(CCO)CC1)c1ccc2c(c1)NCCO2. The number of hydrogen-bond acceptors (Lipinski definition) is 6. The standard InChI is InChI=1S/C16H23N3O3/c20-9-8-18-4-6-19(7-5-18)12-15(21)13-1-2-16-14(11-13)17-3-10-22-16/h1-2,11,17,20H,3-10,12H2. The Kier molecular flexibility index (Phi) is 4.92. The molecule has 120 valence electrons. The Bertz CT molecular complexity index is 527. The van der Waals surface area contributed by atoms with Gasteiger partial charge in [0.2, 0.25) is 0 Å². The number of benzene rings is 1. The van der Waals surface area contributed by atoms with Gasteiger partial charge in [-0.3, -0.25) is 14.6 Å². The molecular formula is C16H23N3O3. The Balaban J connectivity index is 1.56. The summed E-state index contributed by atoms with van der Waals surface area (Å²) in [6.07, 6.45) is 0. The summed E-state index contributed by atoms with van der Waals surface area (Å²) >= 11 is 0. The van der Waals surface area contributed by atoms with Crippen LogP contribution in [0.4, 0.5) is 5.69 Å². The molecule has 0 saturated carbocycles. The molecule has 1 saturated heterocycles. The second-order valence-corrected chi connectivity index (χ2v) is 5.75. The van der Waals surface area contributed by atoms with E-state index in [4.69, 9.17) is 9.84 Å². The highest BCUT2D eigenvalue weighted by Gasteiger charge is 2.20. The van der Waals surface area contributed by atoms with Gasteiger partial charge in [0.05, 0.1) is 18.8 Å². The fourth-order valence-corrected chi connectivity index (χ4v) is 2.92. The molecule has 1 aromatic carbocycles. The molecule has 0 spiro atoms. The summed E-state index contributed by atoms with van der Waals surface area (Å²) in [7, 11) is 0. The zero-order chi connectivity index (χ0) is 15.4. The zero-order valence-electron chi connectivity index (χ0n) is 12.8. The van der Waals surface area contributed by atoms with E-state index < -0.39 is 0 Å². The molecule has 6 nitrogen and oxygen atoms in total. The number of carbonyl (C=O) groups is 1. The quantitative estimate of drug-likeness (QED) is 0.762. The maximum absolute atomic E-state index is 12.4. The molecule has 0 aliphatic carbocycles. The lowest BCUT2D eigenvalue weighted by molar-refractivity contribution is 0.0822. The van der Waals surface area contributed by atoms with Crippen molar-refractivity contribution in [2.24, 2.45) is 0 Å². The highest BCUT2D eigenvalue weighted by molar-refractivity contribution is 5.98. The van der Waals surface area contributed by atoms with Crippen LogP contribution in [0, 0.1) is 0 Å². The molecule has 2 N–H and O–H groups in total. The van der Waals surface area contributed by atoms with Crippen LogP contribution in [0.3, 0.4) is 0 Å². The van der Waals surface area contributed by atoms with E-state index in [2.05, 4.69) is 15.1 Å². The number of piperazine rings is 1. The molecule has 2 aliphatic heterocycles. The lowest BCUT2D eigenvalue weighted by Crippen LogP contribution is -2.48. The van der Waals surface area contributed by atoms with E-state index in [0.29, 0.717) is 13.2 Å². The summed E-state index contributed by atoms with van der Waals surface area (Å²) < 4.78 is 5.53.